The molecular formula is C19H25NO5. The minimum atomic E-state index is -0.919. The van der Waals surface area contributed by atoms with Gasteiger partial charge in [-0.2, -0.15) is 0 Å². The van der Waals surface area contributed by atoms with Crippen LogP contribution in [0.1, 0.15) is 43.2 Å². The maximum Gasteiger partial charge on any atom is 0.305 e. The van der Waals surface area contributed by atoms with Gasteiger partial charge in [0, 0.05) is 13.2 Å². The molecule has 1 fully saturated rings. The number of amides is 1. The van der Waals surface area contributed by atoms with Crippen LogP contribution in [-0.2, 0) is 27.2 Å². The molecule has 0 spiro atoms. The van der Waals surface area contributed by atoms with Crippen molar-refractivity contribution >= 4 is 11.9 Å². The van der Waals surface area contributed by atoms with E-state index in [1.165, 1.54) is 24.0 Å². The Morgan fingerprint density at radius 1 is 1.16 bits per heavy atom. The molecule has 1 aliphatic carbocycles. The van der Waals surface area contributed by atoms with Gasteiger partial charge >= 0.3 is 5.97 Å². The molecule has 1 aromatic carbocycles. The van der Waals surface area contributed by atoms with Gasteiger partial charge in [-0.3, -0.25) is 9.59 Å². The Bertz CT molecular complexity index is 637. The van der Waals surface area contributed by atoms with E-state index in [0.717, 1.165) is 12.8 Å². The minimum absolute atomic E-state index is 0.0963. The molecule has 0 unspecified atom stereocenters. The number of aliphatic carboxylic acids is 1. The SMILES string of the molecule is O=C(O)CC1(NC(=O)COc2ccc3c(c2)CCCC3)CCOCC1. The van der Waals surface area contributed by atoms with Crippen molar-refractivity contribution in [3.05, 3.63) is 29.3 Å². The summed E-state index contributed by atoms with van der Waals surface area (Å²) in [6.45, 7) is 0.805. The van der Waals surface area contributed by atoms with Crippen LogP contribution in [0.4, 0.5) is 0 Å². The van der Waals surface area contributed by atoms with Gasteiger partial charge in [0.05, 0.1) is 12.0 Å². The quantitative estimate of drug-likeness (QED) is 0.823. The Labute approximate surface area is 147 Å². The smallest absolute Gasteiger partial charge is 0.305 e. The Morgan fingerprint density at radius 3 is 2.60 bits per heavy atom. The maximum absolute atomic E-state index is 12.3. The number of benzene rings is 1. The van der Waals surface area contributed by atoms with Gasteiger partial charge in [-0.15, -0.1) is 0 Å². The molecule has 1 heterocycles. The molecule has 3 rings (SSSR count). The zero-order chi connectivity index (χ0) is 17.7. The van der Waals surface area contributed by atoms with Crippen LogP contribution in [0.25, 0.3) is 0 Å². The van der Waals surface area contributed by atoms with Crippen LogP contribution in [-0.4, -0.2) is 42.3 Å². The molecule has 0 saturated carbocycles. The summed E-state index contributed by atoms with van der Waals surface area (Å²) in [5.74, 6) is -0.520. The fourth-order valence-electron chi connectivity index (χ4n) is 3.68. The van der Waals surface area contributed by atoms with Crippen LogP contribution in [0.2, 0.25) is 0 Å². The van der Waals surface area contributed by atoms with Crippen molar-refractivity contribution in [2.45, 2.75) is 50.5 Å². The number of carboxylic acids is 1. The van der Waals surface area contributed by atoms with Crippen molar-refractivity contribution in [3.63, 3.8) is 0 Å². The van der Waals surface area contributed by atoms with Crippen molar-refractivity contribution in [2.75, 3.05) is 19.8 Å². The summed E-state index contributed by atoms with van der Waals surface area (Å²) in [6, 6.07) is 5.99. The van der Waals surface area contributed by atoms with Gasteiger partial charge in [0.2, 0.25) is 0 Å². The average molecular weight is 347 g/mol. The normalized spacial score (nSPS) is 18.9. The molecule has 6 heteroatoms. The number of carboxylic acid groups (broad SMARTS) is 1. The van der Waals surface area contributed by atoms with Gasteiger partial charge in [0.1, 0.15) is 5.75 Å². The fourth-order valence-corrected chi connectivity index (χ4v) is 3.68. The monoisotopic (exact) mass is 347 g/mol. The topological polar surface area (TPSA) is 84.9 Å². The van der Waals surface area contributed by atoms with Crippen LogP contribution in [0.15, 0.2) is 18.2 Å². The van der Waals surface area contributed by atoms with Gasteiger partial charge in [-0.1, -0.05) is 6.07 Å². The van der Waals surface area contributed by atoms with Gasteiger partial charge in [0.25, 0.3) is 5.91 Å². The molecule has 2 N–H and O–H groups in total. The Hall–Kier alpha value is -2.08. The number of carbonyl (C=O) groups excluding carboxylic acids is 1. The zero-order valence-electron chi connectivity index (χ0n) is 14.4. The molecule has 0 radical (unpaired) electrons. The van der Waals surface area contributed by atoms with Crippen molar-refractivity contribution in [1.82, 2.24) is 5.32 Å². The Morgan fingerprint density at radius 2 is 1.88 bits per heavy atom. The Kier molecular flexibility index (Phi) is 5.58. The third-order valence-corrected chi connectivity index (χ3v) is 5.03. The highest BCUT2D eigenvalue weighted by atomic mass is 16.5. The second-order valence-electron chi connectivity index (χ2n) is 6.94. The van der Waals surface area contributed by atoms with Crippen LogP contribution < -0.4 is 10.1 Å². The van der Waals surface area contributed by atoms with Crippen LogP contribution in [0.5, 0.6) is 5.75 Å². The van der Waals surface area contributed by atoms with E-state index in [1.807, 2.05) is 12.1 Å². The van der Waals surface area contributed by atoms with E-state index in [4.69, 9.17) is 14.6 Å². The summed E-state index contributed by atoms with van der Waals surface area (Å²) in [5.41, 5.74) is 1.93. The van der Waals surface area contributed by atoms with Crippen molar-refractivity contribution < 1.29 is 24.2 Å². The zero-order valence-corrected chi connectivity index (χ0v) is 14.4. The largest absolute Gasteiger partial charge is 0.484 e. The van der Waals surface area contributed by atoms with E-state index in [-0.39, 0.29) is 18.9 Å². The lowest BCUT2D eigenvalue weighted by atomic mass is 9.86. The maximum atomic E-state index is 12.3. The molecule has 6 nitrogen and oxygen atoms in total. The van der Waals surface area contributed by atoms with Crippen LogP contribution >= 0.6 is 0 Å². The summed E-state index contributed by atoms with van der Waals surface area (Å²) >= 11 is 0. The first-order valence-electron chi connectivity index (χ1n) is 8.91. The molecular weight excluding hydrogens is 322 g/mol. The lowest BCUT2D eigenvalue weighted by Gasteiger charge is -2.36. The molecule has 25 heavy (non-hydrogen) atoms. The van der Waals surface area contributed by atoms with Gasteiger partial charge in [-0.25, -0.2) is 0 Å². The van der Waals surface area contributed by atoms with E-state index in [1.54, 1.807) is 0 Å². The summed E-state index contributed by atoms with van der Waals surface area (Å²) in [5, 5.41) is 12.0. The molecule has 0 aromatic heterocycles. The van der Waals surface area contributed by atoms with E-state index < -0.39 is 11.5 Å². The predicted octanol–water partition coefficient (Wildman–Crippen LogP) is 2.08. The van der Waals surface area contributed by atoms with E-state index >= 15 is 0 Å². The second-order valence-corrected chi connectivity index (χ2v) is 6.94. The minimum Gasteiger partial charge on any atom is -0.484 e. The molecule has 1 saturated heterocycles. The number of nitrogens with one attached hydrogen (secondary N) is 1. The molecule has 0 bridgehead atoms. The highest BCUT2D eigenvalue weighted by molar-refractivity contribution is 5.79. The van der Waals surface area contributed by atoms with E-state index in [9.17, 15) is 9.59 Å². The average Bonchev–Trinajstić information content (AvgIpc) is 2.60. The first-order chi connectivity index (χ1) is 12.1. The predicted molar refractivity (Wildman–Crippen MR) is 91.8 cm³/mol. The number of fused-ring (bicyclic) bond motifs is 1. The summed E-state index contributed by atoms with van der Waals surface area (Å²) in [4.78, 5) is 23.4. The first-order valence-corrected chi connectivity index (χ1v) is 8.91. The molecule has 1 aliphatic heterocycles. The van der Waals surface area contributed by atoms with Crippen molar-refractivity contribution in [2.24, 2.45) is 0 Å². The second kappa shape index (κ2) is 7.87. The number of ether oxygens (including phenoxy) is 2. The summed E-state index contributed by atoms with van der Waals surface area (Å²) < 4.78 is 10.9. The molecule has 136 valence electrons. The number of hydrogen-bond donors (Lipinski definition) is 2. The number of hydrogen-bond acceptors (Lipinski definition) is 4. The van der Waals surface area contributed by atoms with E-state index in [0.29, 0.717) is 31.8 Å². The lowest BCUT2D eigenvalue weighted by molar-refractivity contribution is -0.140. The first kappa shape index (κ1) is 17.7. The van der Waals surface area contributed by atoms with Gasteiger partial charge < -0.3 is 19.9 Å². The number of carbonyl (C=O) groups is 2. The summed E-state index contributed by atoms with van der Waals surface area (Å²) in [7, 11) is 0. The third-order valence-electron chi connectivity index (χ3n) is 5.03. The van der Waals surface area contributed by atoms with Crippen LogP contribution in [0.3, 0.4) is 0 Å². The highest BCUT2D eigenvalue weighted by Gasteiger charge is 2.36. The highest BCUT2D eigenvalue weighted by Crippen LogP contribution is 2.26. The van der Waals surface area contributed by atoms with E-state index in [2.05, 4.69) is 11.4 Å². The van der Waals surface area contributed by atoms with Crippen LogP contribution in [0, 0.1) is 0 Å². The Balaban J connectivity index is 1.57. The van der Waals surface area contributed by atoms with Crippen molar-refractivity contribution in [1.29, 1.82) is 0 Å². The third kappa shape index (κ3) is 4.72. The van der Waals surface area contributed by atoms with Crippen molar-refractivity contribution in [3.8, 4) is 5.75 Å². The fraction of sp³-hybridized carbons (Fsp3) is 0.579. The standard InChI is InChI=1S/C19H25NO5/c21-17(20-19(12-18(22)23)7-9-24-10-8-19)13-25-16-6-5-14-3-1-2-4-15(14)11-16/h5-6,11H,1-4,7-10,12-13H2,(H,20,21)(H,22,23). The molecule has 1 aromatic rings. The number of rotatable bonds is 6. The number of aryl methyl sites for hydroxylation is 2. The lowest BCUT2D eigenvalue weighted by Crippen LogP contribution is -2.54. The molecule has 0 atom stereocenters. The summed E-state index contributed by atoms with van der Waals surface area (Å²) in [6.07, 6.45) is 5.49. The van der Waals surface area contributed by atoms with Gasteiger partial charge in [0.15, 0.2) is 6.61 Å². The molecule has 1 amide bonds. The van der Waals surface area contributed by atoms with Gasteiger partial charge in [-0.05, 0) is 61.8 Å². The molecule has 2 aliphatic rings.